The highest BCUT2D eigenvalue weighted by molar-refractivity contribution is 9.10. The number of hydrogen-bond acceptors (Lipinski definition) is 4. The van der Waals surface area contributed by atoms with Gasteiger partial charge in [0.15, 0.2) is 0 Å². The van der Waals surface area contributed by atoms with E-state index in [0.29, 0.717) is 21.1 Å². The van der Waals surface area contributed by atoms with Crippen molar-refractivity contribution in [3.8, 4) is 10.6 Å². The largest absolute Gasteiger partial charge is 0.416 e. The van der Waals surface area contributed by atoms with E-state index in [1.165, 1.54) is 23.5 Å². The number of alkyl halides is 3. The minimum Gasteiger partial charge on any atom is -0.391 e. The number of thiol groups is 1. The molecule has 0 radical (unpaired) electrons. The third kappa shape index (κ3) is 4.14. The Hall–Kier alpha value is -1.35. The van der Waals surface area contributed by atoms with Gasteiger partial charge in [0.2, 0.25) is 0 Å². The zero-order valence-corrected chi connectivity index (χ0v) is 16.5. The maximum absolute atomic E-state index is 12.7. The van der Waals surface area contributed by atoms with Crippen LogP contribution < -0.4 is 0 Å². The third-order valence-electron chi connectivity index (χ3n) is 3.78. The first kappa shape index (κ1) is 19.4. The van der Waals surface area contributed by atoms with E-state index in [0.717, 1.165) is 22.2 Å². The fourth-order valence-corrected chi connectivity index (χ4v) is 4.12. The zero-order valence-electron chi connectivity index (χ0n) is 13.2. The number of thiazole rings is 1. The SMILES string of the molecule is OCc1sc(-c2ccc(C(F)(F)F)cc2)nc1C(S)c1ccc(Br)cc1. The van der Waals surface area contributed by atoms with Gasteiger partial charge in [-0.2, -0.15) is 25.8 Å². The first-order chi connectivity index (χ1) is 12.3. The van der Waals surface area contributed by atoms with Crippen LogP contribution in [0.4, 0.5) is 13.2 Å². The van der Waals surface area contributed by atoms with Crippen molar-refractivity contribution in [2.75, 3.05) is 0 Å². The van der Waals surface area contributed by atoms with Gasteiger partial charge in [0, 0.05) is 10.0 Å². The number of aliphatic hydroxyl groups excluding tert-OH is 1. The Kier molecular flexibility index (Phi) is 5.76. The Bertz CT molecular complexity index is 892. The molecule has 2 nitrogen and oxygen atoms in total. The van der Waals surface area contributed by atoms with Crippen molar-refractivity contribution in [3.05, 3.63) is 74.7 Å². The Morgan fingerprint density at radius 2 is 1.69 bits per heavy atom. The van der Waals surface area contributed by atoms with Crippen LogP contribution in [0.5, 0.6) is 0 Å². The minimum atomic E-state index is -4.37. The van der Waals surface area contributed by atoms with Crippen LogP contribution in [0.1, 0.15) is 26.9 Å². The van der Waals surface area contributed by atoms with Crippen LogP contribution in [0.15, 0.2) is 53.0 Å². The summed E-state index contributed by atoms with van der Waals surface area (Å²) in [6.45, 7) is -0.207. The molecule has 2 aromatic carbocycles. The summed E-state index contributed by atoms with van der Waals surface area (Å²) >= 11 is 9.24. The molecular weight excluding hydrogens is 447 g/mol. The van der Waals surface area contributed by atoms with Crippen molar-refractivity contribution in [2.24, 2.45) is 0 Å². The summed E-state index contributed by atoms with van der Waals surface area (Å²) in [5.74, 6) is 0. The molecule has 3 rings (SSSR count). The van der Waals surface area contributed by atoms with Crippen LogP contribution in [0.3, 0.4) is 0 Å². The maximum atomic E-state index is 12.7. The number of nitrogens with zero attached hydrogens (tertiary/aromatic N) is 1. The van der Waals surface area contributed by atoms with E-state index in [2.05, 4.69) is 33.5 Å². The summed E-state index contributed by atoms with van der Waals surface area (Å²) in [4.78, 5) is 5.17. The van der Waals surface area contributed by atoms with E-state index in [1.54, 1.807) is 0 Å². The summed E-state index contributed by atoms with van der Waals surface area (Å²) in [5, 5.41) is 9.86. The number of aliphatic hydroxyl groups is 1. The van der Waals surface area contributed by atoms with Crippen molar-refractivity contribution in [3.63, 3.8) is 0 Å². The lowest BCUT2D eigenvalue weighted by Gasteiger charge is -2.10. The smallest absolute Gasteiger partial charge is 0.391 e. The number of aromatic nitrogens is 1. The van der Waals surface area contributed by atoms with Crippen LogP contribution in [-0.4, -0.2) is 10.1 Å². The highest BCUT2D eigenvalue weighted by Crippen LogP contribution is 2.38. The molecule has 0 saturated carbocycles. The first-order valence-electron chi connectivity index (χ1n) is 7.51. The second-order valence-electron chi connectivity index (χ2n) is 5.51. The number of benzene rings is 2. The van der Waals surface area contributed by atoms with Crippen molar-refractivity contribution in [1.82, 2.24) is 4.98 Å². The molecule has 8 heteroatoms. The molecule has 0 bridgehead atoms. The fourth-order valence-electron chi connectivity index (χ4n) is 2.42. The second-order valence-corrected chi connectivity index (χ2v) is 8.03. The van der Waals surface area contributed by atoms with Crippen LogP contribution in [-0.2, 0) is 12.8 Å². The Morgan fingerprint density at radius 3 is 2.23 bits per heavy atom. The van der Waals surface area contributed by atoms with Crippen molar-refractivity contribution in [1.29, 1.82) is 0 Å². The van der Waals surface area contributed by atoms with Crippen LogP contribution in [0.2, 0.25) is 0 Å². The third-order valence-corrected chi connectivity index (χ3v) is 5.95. The molecule has 0 spiro atoms. The Morgan fingerprint density at radius 1 is 1.08 bits per heavy atom. The lowest BCUT2D eigenvalue weighted by Crippen LogP contribution is -2.04. The fraction of sp³-hybridized carbons (Fsp3) is 0.167. The van der Waals surface area contributed by atoms with Gasteiger partial charge in [-0.15, -0.1) is 11.3 Å². The van der Waals surface area contributed by atoms with Crippen molar-refractivity contribution >= 4 is 39.9 Å². The number of rotatable bonds is 4. The molecule has 1 unspecified atom stereocenters. The molecule has 1 heterocycles. The van der Waals surface area contributed by atoms with Crippen LogP contribution in [0.25, 0.3) is 10.6 Å². The summed E-state index contributed by atoms with van der Waals surface area (Å²) in [6.07, 6.45) is -4.37. The normalized spacial score (nSPS) is 13.0. The van der Waals surface area contributed by atoms with Gasteiger partial charge in [0.05, 0.1) is 28.0 Å². The molecule has 26 heavy (non-hydrogen) atoms. The highest BCUT2D eigenvalue weighted by Gasteiger charge is 2.30. The summed E-state index contributed by atoms with van der Waals surface area (Å²) in [6, 6.07) is 12.4. The molecule has 136 valence electrons. The summed E-state index contributed by atoms with van der Waals surface area (Å²) < 4.78 is 39.1. The van der Waals surface area contributed by atoms with Gasteiger partial charge in [-0.25, -0.2) is 4.98 Å². The molecule has 0 amide bonds. The molecule has 1 N–H and O–H groups in total. The highest BCUT2D eigenvalue weighted by atomic mass is 79.9. The average Bonchev–Trinajstić information content (AvgIpc) is 3.05. The van der Waals surface area contributed by atoms with Gasteiger partial charge in [0.25, 0.3) is 0 Å². The lowest BCUT2D eigenvalue weighted by molar-refractivity contribution is -0.137. The van der Waals surface area contributed by atoms with Gasteiger partial charge in [0.1, 0.15) is 5.01 Å². The van der Waals surface area contributed by atoms with E-state index in [4.69, 9.17) is 0 Å². The molecular formula is C18H13BrF3NOS2. The zero-order chi connectivity index (χ0) is 18.9. The van der Waals surface area contributed by atoms with Gasteiger partial charge in [-0.3, -0.25) is 0 Å². The van der Waals surface area contributed by atoms with E-state index in [9.17, 15) is 18.3 Å². The van der Waals surface area contributed by atoms with E-state index < -0.39 is 11.7 Å². The predicted molar refractivity (Wildman–Crippen MR) is 103 cm³/mol. The molecule has 0 aliphatic heterocycles. The predicted octanol–water partition coefficient (Wildman–Crippen LogP) is 6.10. The van der Waals surface area contributed by atoms with Crippen molar-refractivity contribution in [2.45, 2.75) is 18.0 Å². The second kappa shape index (κ2) is 7.72. The molecule has 0 fully saturated rings. The molecule has 0 aliphatic rings. The van der Waals surface area contributed by atoms with Crippen molar-refractivity contribution < 1.29 is 18.3 Å². The van der Waals surface area contributed by atoms with Crippen LogP contribution in [0, 0.1) is 0 Å². The van der Waals surface area contributed by atoms with Crippen LogP contribution >= 0.6 is 39.9 Å². The molecule has 1 atom stereocenters. The number of hydrogen-bond donors (Lipinski definition) is 2. The van der Waals surface area contributed by atoms with E-state index >= 15 is 0 Å². The van der Waals surface area contributed by atoms with Gasteiger partial charge < -0.3 is 5.11 Å². The lowest BCUT2D eigenvalue weighted by atomic mass is 10.1. The average molecular weight is 460 g/mol. The van der Waals surface area contributed by atoms with E-state index in [-0.39, 0.29) is 11.9 Å². The monoisotopic (exact) mass is 459 g/mol. The summed E-state index contributed by atoms with van der Waals surface area (Å²) in [7, 11) is 0. The Balaban J connectivity index is 1.95. The molecule has 0 aliphatic carbocycles. The topological polar surface area (TPSA) is 33.1 Å². The van der Waals surface area contributed by atoms with Gasteiger partial charge >= 0.3 is 6.18 Å². The first-order valence-corrected chi connectivity index (χ1v) is 9.64. The molecule has 3 aromatic rings. The molecule has 1 aromatic heterocycles. The maximum Gasteiger partial charge on any atom is 0.416 e. The minimum absolute atomic E-state index is 0.207. The van der Waals surface area contributed by atoms with E-state index in [1.807, 2.05) is 24.3 Å². The van der Waals surface area contributed by atoms with Gasteiger partial charge in [-0.1, -0.05) is 40.2 Å². The molecule has 0 saturated heterocycles. The Labute approximate surface area is 166 Å². The number of halogens is 4. The standard InChI is InChI=1S/C18H13BrF3NOS2/c19-13-7-3-10(4-8-13)16(25)15-14(9-24)26-17(23-15)11-1-5-12(6-2-11)18(20,21)22/h1-8,16,24-25H,9H2. The summed E-state index contributed by atoms with van der Waals surface area (Å²) in [5.41, 5.74) is 1.39. The quantitative estimate of drug-likeness (QED) is 0.461. The van der Waals surface area contributed by atoms with Gasteiger partial charge in [-0.05, 0) is 29.8 Å².